The molecule has 3 rings (SSSR count). The number of carbonyl (C=O) groups is 2. The number of anilines is 1. The van der Waals surface area contributed by atoms with Gasteiger partial charge in [-0.25, -0.2) is 0 Å². The smallest absolute Gasteiger partial charge is 0.251 e. The molecule has 136 valence electrons. The summed E-state index contributed by atoms with van der Waals surface area (Å²) < 4.78 is 0. The Morgan fingerprint density at radius 1 is 1.04 bits per heavy atom. The van der Waals surface area contributed by atoms with Crippen molar-refractivity contribution in [1.29, 1.82) is 0 Å². The molecule has 0 aromatic heterocycles. The number of carbonyl (C=O) groups excluding carboxylic acids is 2. The molecule has 1 atom stereocenters. The third kappa shape index (κ3) is 3.64. The standard InChI is InChI=1S/C22H26N2O2/c1-14-12-16(3)20(13-15(14)2)17(4)23-22(26)18-7-9-19(10-8-18)24-11-5-6-21(24)25/h7-10,12-13,17H,5-6,11H2,1-4H3,(H,23,26)/t17-/m0/s1. The van der Waals surface area contributed by atoms with Crippen LogP contribution < -0.4 is 10.2 Å². The van der Waals surface area contributed by atoms with Crippen LogP contribution in [-0.4, -0.2) is 18.4 Å². The molecule has 0 spiro atoms. The predicted molar refractivity (Wildman–Crippen MR) is 105 cm³/mol. The van der Waals surface area contributed by atoms with Crippen LogP contribution in [-0.2, 0) is 4.79 Å². The van der Waals surface area contributed by atoms with E-state index in [0.29, 0.717) is 12.0 Å². The van der Waals surface area contributed by atoms with Crippen LogP contribution in [0.4, 0.5) is 5.69 Å². The fourth-order valence-corrected chi connectivity index (χ4v) is 3.52. The highest BCUT2D eigenvalue weighted by atomic mass is 16.2. The van der Waals surface area contributed by atoms with E-state index in [4.69, 9.17) is 0 Å². The number of hydrogen-bond acceptors (Lipinski definition) is 2. The Balaban J connectivity index is 1.71. The molecule has 0 bridgehead atoms. The summed E-state index contributed by atoms with van der Waals surface area (Å²) in [6, 6.07) is 11.5. The first kappa shape index (κ1) is 18.2. The Morgan fingerprint density at radius 3 is 2.31 bits per heavy atom. The molecule has 26 heavy (non-hydrogen) atoms. The molecule has 0 aliphatic carbocycles. The van der Waals surface area contributed by atoms with Crippen LogP contribution in [0.5, 0.6) is 0 Å². The van der Waals surface area contributed by atoms with Gasteiger partial charge < -0.3 is 10.2 Å². The Kier molecular flexibility index (Phi) is 5.12. The van der Waals surface area contributed by atoms with Crippen LogP contribution >= 0.6 is 0 Å². The maximum atomic E-state index is 12.6. The van der Waals surface area contributed by atoms with Gasteiger partial charge in [0.25, 0.3) is 5.91 Å². The van der Waals surface area contributed by atoms with Gasteiger partial charge in [-0.3, -0.25) is 9.59 Å². The lowest BCUT2D eigenvalue weighted by Gasteiger charge is -2.19. The fourth-order valence-electron chi connectivity index (χ4n) is 3.52. The van der Waals surface area contributed by atoms with Crippen molar-refractivity contribution in [3.8, 4) is 0 Å². The predicted octanol–water partition coefficient (Wildman–Crippen LogP) is 4.23. The van der Waals surface area contributed by atoms with Gasteiger partial charge in [0, 0.05) is 24.2 Å². The van der Waals surface area contributed by atoms with Crippen molar-refractivity contribution in [3.05, 3.63) is 64.2 Å². The molecule has 1 N–H and O–H groups in total. The summed E-state index contributed by atoms with van der Waals surface area (Å²) in [7, 11) is 0. The van der Waals surface area contributed by atoms with Gasteiger partial charge in [0.15, 0.2) is 0 Å². The first-order chi connectivity index (χ1) is 12.4. The molecule has 0 saturated carbocycles. The van der Waals surface area contributed by atoms with Gasteiger partial charge >= 0.3 is 0 Å². The summed E-state index contributed by atoms with van der Waals surface area (Å²) >= 11 is 0. The lowest BCUT2D eigenvalue weighted by Crippen LogP contribution is -2.27. The molecule has 4 nitrogen and oxygen atoms in total. The summed E-state index contributed by atoms with van der Waals surface area (Å²) in [5.74, 6) is 0.0514. The van der Waals surface area contributed by atoms with Crippen LogP contribution in [0.15, 0.2) is 36.4 Å². The Morgan fingerprint density at radius 2 is 1.69 bits per heavy atom. The summed E-state index contributed by atoms with van der Waals surface area (Å²) in [6.07, 6.45) is 1.50. The number of aryl methyl sites for hydroxylation is 3. The number of nitrogens with one attached hydrogen (secondary N) is 1. The van der Waals surface area contributed by atoms with E-state index in [9.17, 15) is 9.59 Å². The number of benzene rings is 2. The zero-order valence-corrected chi connectivity index (χ0v) is 15.9. The molecule has 1 aliphatic rings. The summed E-state index contributed by atoms with van der Waals surface area (Å²) in [6.45, 7) is 9.03. The van der Waals surface area contributed by atoms with Crippen molar-refractivity contribution in [3.63, 3.8) is 0 Å². The van der Waals surface area contributed by atoms with E-state index in [1.807, 2.05) is 19.1 Å². The van der Waals surface area contributed by atoms with Gasteiger partial charge in [-0.15, -0.1) is 0 Å². The Bertz CT molecular complexity index is 840. The maximum absolute atomic E-state index is 12.6. The van der Waals surface area contributed by atoms with Crippen LogP contribution in [0.1, 0.15) is 58.4 Å². The molecule has 0 radical (unpaired) electrons. The van der Waals surface area contributed by atoms with Crippen molar-refractivity contribution in [2.75, 3.05) is 11.4 Å². The minimum absolute atomic E-state index is 0.0679. The highest BCUT2D eigenvalue weighted by Crippen LogP contribution is 2.24. The van der Waals surface area contributed by atoms with Crippen molar-refractivity contribution < 1.29 is 9.59 Å². The van der Waals surface area contributed by atoms with E-state index >= 15 is 0 Å². The van der Waals surface area contributed by atoms with Gasteiger partial charge in [0.2, 0.25) is 5.91 Å². The van der Waals surface area contributed by atoms with Gasteiger partial charge in [0.1, 0.15) is 0 Å². The van der Waals surface area contributed by atoms with E-state index in [0.717, 1.165) is 24.2 Å². The lowest BCUT2D eigenvalue weighted by atomic mass is 9.96. The number of amides is 2. The van der Waals surface area contributed by atoms with E-state index < -0.39 is 0 Å². The molecule has 1 heterocycles. The van der Waals surface area contributed by atoms with E-state index in [2.05, 4.69) is 38.2 Å². The first-order valence-electron chi connectivity index (χ1n) is 9.16. The van der Waals surface area contributed by atoms with Crippen molar-refractivity contribution in [1.82, 2.24) is 5.32 Å². The highest BCUT2D eigenvalue weighted by molar-refractivity contribution is 5.97. The molecule has 1 saturated heterocycles. The third-order valence-corrected chi connectivity index (χ3v) is 5.21. The largest absolute Gasteiger partial charge is 0.346 e. The van der Waals surface area contributed by atoms with Gasteiger partial charge in [-0.05, 0) is 80.6 Å². The number of hydrogen-bond donors (Lipinski definition) is 1. The molecule has 2 aromatic carbocycles. The second-order valence-corrected chi connectivity index (χ2v) is 7.18. The molecular formula is C22H26N2O2. The molecule has 1 fully saturated rings. The molecule has 2 amide bonds. The fraction of sp³-hybridized carbons (Fsp3) is 0.364. The van der Waals surface area contributed by atoms with Crippen LogP contribution in [0.2, 0.25) is 0 Å². The molecule has 0 unspecified atom stereocenters. The minimum atomic E-state index is -0.102. The zero-order valence-electron chi connectivity index (χ0n) is 15.9. The quantitative estimate of drug-likeness (QED) is 0.897. The monoisotopic (exact) mass is 350 g/mol. The van der Waals surface area contributed by atoms with Crippen molar-refractivity contribution in [2.24, 2.45) is 0 Å². The van der Waals surface area contributed by atoms with Crippen molar-refractivity contribution >= 4 is 17.5 Å². The lowest BCUT2D eigenvalue weighted by molar-refractivity contribution is -0.117. The third-order valence-electron chi connectivity index (χ3n) is 5.21. The van der Waals surface area contributed by atoms with Gasteiger partial charge in [0.05, 0.1) is 6.04 Å². The minimum Gasteiger partial charge on any atom is -0.346 e. The normalized spacial score (nSPS) is 15.2. The molecule has 1 aliphatic heterocycles. The SMILES string of the molecule is Cc1cc(C)c([C@H](C)NC(=O)c2ccc(N3CCCC3=O)cc2)cc1C. The van der Waals surface area contributed by atoms with Crippen LogP contribution in [0.25, 0.3) is 0 Å². The Labute approximate surface area is 155 Å². The number of nitrogens with zero attached hydrogens (tertiary/aromatic N) is 1. The topological polar surface area (TPSA) is 49.4 Å². The van der Waals surface area contributed by atoms with Crippen molar-refractivity contribution in [2.45, 2.75) is 46.6 Å². The number of rotatable bonds is 4. The summed E-state index contributed by atoms with van der Waals surface area (Å²) in [5.41, 5.74) is 6.28. The zero-order chi connectivity index (χ0) is 18.8. The summed E-state index contributed by atoms with van der Waals surface area (Å²) in [5, 5.41) is 3.08. The first-order valence-corrected chi connectivity index (χ1v) is 9.16. The van der Waals surface area contributed by atoms with Crippen LogP contribution in [0, 0.1) is 20.8 Å². The van der Waals surface area contributed by atoms with Crippen LogP contribution in [0.3, 0.4) is 0 Å². The second kappa shape index (κ2) is 7.32. The second-order valence-electron chi connectivity index (χ2n) is 7.18. The average molecular weight is 350 g/mol. The molecular weight excluding hydrogens is 324 g/mol. The maximum Gasteiger partial charge on any atom is 0.251 e. The van der Waals surface area contributed by atoms with E-state index in [1.54, 1.807) is 17.0 Å². The highest BCUT2D eigenvalue weighted by Gasteiger charge is 2.22. The van der Waals surface area contributed by atoms with E-state index in [1.165, 1.54) is 16.7 Å². The van der Waals surface area contributed by atoms with E-state index in [-0.39, 0.29) is 17.9 Å². The molecule has 4 heteroatoms. The molecule has 2 aromatic rings. The van der Waals surface area contributed by atoms with Gasteiger partial charge in [-0.2, -0.15) is 0 Å². The Hall–Kier alpha value is -2.62. The van der Waals surface area contributed by atoms with Gasteiger partial charge in [-0.1, -0.05) is 12.1 Å². The average Bonchev–Trinajstić information content (AvgIpc) is 3.04. The summed E-state index contributed by atoms with van der Waals surface area (Å²) in [4.78, 5) is 26.2.